The minimum Gasteiger partial charge on any atom is -0.363 e. The molecule has 1 aromatic carbocycles. The van der Waals surface area contributed by atoms with E-state index in [0.717, 1.165) is 6.54 Å². The molecular weight excluding hydrogens is 256 g/mol. The summed E-state index contributed by atoms with van der Waals surface area (Å²) in [4.78, 5) is 6.89. The molecule has 2 aromatic rings. The molecule has 3 rings (SSSR count). The van der Waals surface area contributed by atoms with E-state index < -0.39 is 0 Å². The lowest BCUT2D eigenvalue weighted by Gasteiger charge is -2.33. The van der Waals surface area contributed by atoms with Crippen LogP contribution >= 0.6 is 0 Å². The molecule has 0 bridgehead atoms. The summed E-state index contributed by atoms with van der Waals surface area (Å²) in [5, 5.41) is 0. The lowest BCUT2D eigenvalue weighted by Crippen LogP contribution is -2.34. The molecule has 0 N–H and O–H groups in total. The van der Waals surface area contributed by atoms with Crippen LogP contribution in [0.1, 0.15) is 44.1 Å². The first-order chi connectivity index (χ1) is 10.4. The van der Waals surface area contributed by atoms with Crippen LogP contribution in [-0.2, 0) is 6.54 Å². The number of nitrogens with zero attached hydrogens (tertiary/aromatic N) is 2. The normalized spacial score (nSPS) is 16.4. The summed E-state index contributed by atoms with van der Waals surface area (Å²) >= 11 is 0. The van der Waals surface area contributed by atoms with Crippen LogP contribution in [0.25, 0.3) is 0 Å². The lowest BCUT2D eigenvalue weighted by atomic mass is 10.0. The molecule has 21 heavy (non-hydrogen) atoms. The van der Waals surface area contributed by atoms with E-state index in [-0.39, 0.29) is 0 Å². The van der Waals surface area contributed by atoms with Crippen molar-refractivity contribution in [3.8, 4) is 0 Å². The van der Waals surface area contributed by atoms with Crippen molar-refractivity contribution < 1.29 is 0 Å². The third-order valence-electron chi connectivity index (χ3n) is 4.44. The molecule has 0 saturated heterocycles. The molecule has 0 spiro atoms. The highest BCUT2D eigenvalue weighted by Crippen LogP contribution is 2.27. The van der Waals surface area contributed by atoms with Gasteiger partial charge in [-0.25, -0.2) is 0 Å². The van der Waals surface area contributed by atoms with Crippen LogP contribution in [-0.4, -0.2) is 11.0 Å². The Morgan fingerprint density at radius 2 is 1.67 bits per heavy atom. The molecule has 2 nitrogen and oxygen atoms in total. The van der Waals surface area contributed by atoms with Crippen molar-refractivity contribution >= 4 is 5.69 Å². The maximum atomic E-state index is 4.32. The molecule has 1 heterocycles. The van der Waals surface area contributed by atoms with Gasteiger partial charge < -0.3 is 4.90 Å². The van der Waals surface area contributed by atoms with Crippen LogP contribution in [0.15, 0.2) is 54.9 Å². The van der Waals surface area contributed by atoms with E-state index in [1.54, 1.807) is 0 Å². The Morgan fingerprint density at radius 3 is 2.33 bits per heavy atom. The molecule has 0 unspecified atom stereocenters. The van der Waals surface area contributed by atoms with E-state index in [0.29, 0.717) is 6.04 Å². The first-order valence-electron chi connectivity index (χ1n) is 8.14. The summed E-state index contributed by atoms with van der Waals surface area (Å²) in [6.07, 6.45) is 12.0. The second kappa shape index (κ2) is 7.26. The molecule has 0 amide bonds. The molecule has 0 radical (unpaired) electrons. The van der Waals surface area contributed by atoms with Crippen LogP contribution in [0.4, 0.5) is 5.69 Å². The fourth-order valence-electron chi connectivity index (χ4n) is 3.30. The Hall–Kier alpha value is -1.83. The van der Waals surface area contributed by atoms with E-state index >= 15 is 0 Å². The molecule has 1 aliphatic carbocycles. The summed E-state index contributed by atoms with van der Waals surface area (Å²) in [7, 11) is 0. The monoisotopic (exact) mass is 280 g/mol. The van der Waals surface area contributed by atoms with Gasteiger partial charge in [0.1, 0.15) is 0 Å². The molecule has 110 valence electrons. The quantitative estimate of drug-likeness (QED) is 0.747. The van der Waals surface area contributed by atoms with Crippen molar-refractivity contribution in [2.45, 2.75) is 51.1 Å². The van der Waals surface area contributed by atoms with Crippen LogP contribution in [0.5, 0.6) is 0 Å². The molecule has 1 aliphatic rings. The van der Waals surface area contributed by atoms with Crippen LogP contribution < -0.4 is 4.90 Å². The van der Waals surface area contributed by atoms with Crippen LogP contribution in [0.2, 0.25) is 0 Å². The molecule has 1 saturated carbocycles. The summed E-state index contributed by atoms with van der Waals surface area (Å²) in [6, 6.07) is 15.7. The van der Waals surface area contributed by atoms with Crippen LogP contribution in [0, 0.1) is 0 Å². The zero-order valence-electron chi connectivity index (χ0n) is 12.6. The van der Waals surface area contributed by atoms with Crippen molar-refractivity contribution in [2.75, 3.05) is 4.90 Å². The number of rotatable bonds is 4. The summed E-state index contributed by atoms with van der Waals surface area (Å²) < 4.78 is 0. The predicted molar refractivity (Wildman–Crippen MR) is 88.4 cm³/mol. The smallest absolute Gasteiger partial charge is 0.0558 e. The van der Waals surface area contributed by atoms with Crippen molar-refractivity contribution in [3.05, 3.63) is 60.4 Å². The third kappa shape index (κ3) is 3.84. The van der Waals surface area contributed by atoms with Gasteiger partial charge in [-0.3, -0.25) is 4.98 Å². The van der Waals surface area contributed by atoms with Crippen molar-refractivity contribution in [2.24, 2.45) is 0 Å². The van der Waals surface area contributed by atoms with Gasteiger partial charge in [-0.1, -0.05) is 56.0 Å². The summed E-state index contributed by atoms with van der Waals surface area (Å²) in [6.45, 7) is 0.983. The standard InChI is InChI=1S/C19H24N2/c1-2-7-12-18(11-6-1)21(19-13-8-14-20-15-19)16-17-9-4-3-5-10-17/h3-5,8-10,13-15,18H,1-2,6-7,11-12,16H2. The van der Waals surface area contributed by atoms with Gasteiger partial charge >= 0.3 is 0 Å². The Morgan fingerprint density at radius 1 is 0.905 bits per heavy atom. The first kappa shape index (κ1) is 14.1. The topological polar surface area (TPSA) is 16.1 Å². The number of hydrogen-bond acceptors (Lipinski definition) is 2. The molecule has 1 fully saturated rings. The summed E-state index contributed by atoms with van der Waals surface area (Å²) in [5.41, 5.74) is 2.64. The van der Waals surface area contributed by atoms with Gasteiger partial charge in [0.25, 0.3) is 0 Å². The number of anilines is 1. The highest BCUT2D eigenvalue weighted by Gasteiger charge is 2.20. The van der Waals surface area contributed by atoms with Gasteiger partial charge in [-0.2, -0.15) is 0 Å². The second-order valence-electron chi connectivity index (χ2n) is 5.97. The zero-order chi connectivity index (χ0) is 14.3. The van der Waals surface area contributed by atoms with E-state index in [4.69, 9.17) is 0 Å². The largest absolute Gasteiger partial charge is 0.363 e. The fraction of sp³-hybridized carbons (Fsp3) is 0.421. The zero-order valence-corrected chi connectivity index (χ0v) is 12.6. The molecule has 1 aromatic heterocycles. The number of pyridine rings is 1. The van der Waals surface area contributed by atoms with Gasteiger partial charge in [0.05, 0.1) is 11.9 Å². The Labute approximate surface area is 127 Å². The maximum absolute atomic E-state index is 4.32. The van der Waals surface area contributed by atoms with E-state index in [9.17, 15) is 0 Å². The Kier molecular flexibility index (Phi) is 4.88. The molecule has 0 aliphatic heterocycles. The van der Waals surface area contributed by atoms with E-state index in [2.05, 4.69) is 46.3 Å². The average Bonchev–Trinajstić information content (AvgIpc) is 2.84. The molecular formula is C19H24N2. The van der Waals surface area contributed by atoms with Gasteiger partial charge in [0, 0.05) is 18.8 Å². The average molecular weight is 280 g/mol. The Bertz CT molecular complexity index is 516. The molecule has 2 heteroatoms. The highest BCUT2D eigenvalue weighted by molar-refractivity contribution is 5.45. The highest BCUT2D eigenvalue weighted by atomic mass is 15.2. The van der Waals surface area contributed by atoms with Gasteiger partial charge in [-0.15, -0.1) is 0 Å². The number of hydrogen-bond donors (Lipinski definition) is 0. The van der Waals surface area contributed by atoms with Gasteiger partial charge in [0.15, 0.2) is 0 Å². The third-order valence-corrected chi connectivity index (χ3v) is 4.44. The number of benzene rings is 1. The van der Waals surface area contributed by atoms with Gasteiger partial charge in [0.2, 0.25) is 0 Å². The van der Waals surface area contributed by atoms with Crippen molar-refractivity contribution in [1.82, 2.24) is 4.98 Å². The van der Waals surface area contributed by atoms with Crippen molar-refractivity contribution in [1.29, 1.82) is 0 Å². The lowest BCUT2D eigenvalue weighted by molar-refractivity contribution is 0.522. The SMILES string of the molecule is c1ccc(CN(c2cccnc2)C2CCCCCC2)cc1. The second-order valence-corrected chi connectivity index (χ2v) is 5.97. The van der Waals surface area contributed by atoms with Gasteiger partial charge in [-0.05, 0) is 30.5 Å². The fourth-order valence-corrected chi connectivity index (χ4v) is 3.30. The summed E-state index contributed by atoms with van der Waals surface area (Å²) in [5.74, 6) is 0. The van der Waals surface area contributed by atoms with Crippen LogP contribution in [0.3, 0.4) is 0 Å². The maximum Gasteiger partial charge on any atom is 0.0558 e. The van der Waals surface area contributed by atoms with E-state index in [1.807, 2.05) is 18.5 Å². The number of aromatic nitrogens is 1. The predicted octanol–water partition coefficient (Wildman–Crippen LogP) is 4.81. The minimum atomic E-state index is 0.650. The van der Waals surface area contributed by atoms with Crippen molar-refractivity contribution in [3.63, 3.8) is 0 Å². The minimum absolute atomic E-state index is 0.650. The first-order valence-corrected chi connectivity index (χ1v) is 8.14. The Balaban J connectivity index is 1.83. The molecule has 0 atom stereocenters. The van der Waals surface area contributed by atoms with E-state index in [1.165, 1.54) is 49.8 Å².